The quantitative estimate of drug-likeness (QED) is 0.305. The monoisotopic (exact) mass is 492 g/mol. The molecule has 0 amide bonds. The standard InChI is InChI=1S/C28H32F4O3/c1-3-16-4-6-17(7-5-16)20-12-13-21(25(30)24(20)29)18-8-10-19(11-9-18)35-28(33)22-14-15-23(34-2)27(32)26(22)31/h12-19H,3-11H2,1-2H3. The summed E-state index contributed by atoms with van der Waals surface area (Å²) < 4.78 is 68.3. The summed E-state index contributed by atoms with van der Waals surface area (Å²) in [4.78, 5) is 12.4. The molecule has 0 heterocycles. The van der Waals surface area contributed by atoms with Gasteiger partial charge in [-0.25, -0.2) is 18.0 Å². The van der Waals surface area contributed by atoms with E-state index in [0.717, 1.165) is 38.2 Å². The molecule has 2 saturated carbocycles. The highest BCUT2D eigenvalue weighted by molar-refractivity contribution is 5.90. The average molecular weight is 493 g/mol. The van der Waals surface area contributed by atoms with Crippen molar-refractivity contribution in [2.75, 3.05) is 7.11 Å². The van der Waals surface area contributed by atoms with E-state index in [1.165, 1.54) is 13.2 Å². The number of ether oxygens (including phenoxy) is 2. The molecule has 2 aromatic rings. The Kier molecular flexibility index (Phi) is 8.02. The first-order chi connectivity index (χ1) is 16.8. The van der Waals surface area contributed by atoms with E-state index < -0.39 is 40.9 Å². The highest BCUT2D eigenvalue weighted by atomic mass is 19.2. The Morgan fingerprint density at radius 3 is 1.83 bits per heavy atom. The van der Waals surface area contributed by atoms with Gasteiger partial charge in [-0.3, -0.25) is 0 Å². The third-order valence-electron chi connectivity index (χ3n) is 7.88. The Hall–Kier alpha value is -2.57. The van der Waals surface area contributed by atoms with Gasteiger partial charge in [-0.1, -0.05) is 25.5 Å². The van der Waals surface area contributed by atoms with Crippen molar-refractivity contribution in [3.8, 4) is 5.75 Å². The molecule has 0 saturated heterocycles. The van der Waals surface area contributed by atoms with Gasteiger partial charge >= 0.3 is 5.97 Å². The topological polar surface area (TPSA) is 35.5 Å². The van der Waals surface area contributed by atoms with E-state index in [-0.39, 0.29) is 17.6 Å². The molecule has 0 aromatic heterocycles. The van der Waals surface area contributed by atoms with Gasteiger partial charge in [0.25, 0.3) is 0 Å². The summed E-state index contributed by atoms with van der Waals surface area (Å²) in [5, 5.41) is 0. The Morgan fingerprint density at radius 1 is 0.771 bits per heavy atom. The molecule has 2 fully saturated rings. The summed E-state index contributed by atoms with van der Waals surface area (Å²) in [5.74, 6) is -4.74. The number of methoxy groups -OCH3 is 1. The van der Waals surface area contributed by atoms with Crippen LogP contribution in [0.5, 0.6) is 5.75 Å². The van der Waals surface area contributed by atoms with Crippen LogP contribution in [-0.2, 0) is 4.74 Å². The molecule has 7 heteroatoms. The number of esters is 1. The third-order valence-corrected chi connectivity index (χ3v) is 7.88. The van der Waals surface area contributed by atoms with E-state index >= 15 is 8.78 Å². The van der Waals surface area contributed by atoms with Crippen LogP contribution >= 0.6 is 0 Å². The molecule has 0 spiro atoms. The summed E-state index contributed by atoms with van der Waals surface area (Å²) in [6, 6.07) is 5.76. The van der Waals surface area contributed by atoms with E-state index in [2.05, 4.69) is 6.92 Å². The Balaban J connectivity index is 1.37. The van der Waals surface area contributed by atoms with E-state index in [1.54, 1.807) is 12.1 Å². The van der Waals surface area contributed by atoms with E-state index in [9.17, 15) is 13.6 Å². The minimum atomic E-state index is -1.32. The highest BCUT2D eigenvalue weighted by Crippen LogP contribution is 2.41. The molecule has 0 unspecified atom stereocenters. The van der Waals surface area contributed by atoms with Crippen LogP contribution in [0.25, 0.3) is 0 Å². The highest BCUT2D eigenvalue weighted by Gasteiger charge is 2.31. The fraction of sp³-hybridized carbons (Fsp3) is 0.536. The second-order valence-corrected chi connectivity index (χ2v) is 9.82. The summed E-state index contributed by atoms with van der Waals surface area (Å²) in [7, 11) is 1.20. The van der Waals surface area contributed by atoms with Crippen LogP contribution in [0.1, 0.15) is 98.0 Å². The van der Waals surface area contributed by atoms with E-state index in [1.807, 2.05) is 0 Å². The molecule has 0 radical (unpaired) electrons. The first-order valence-corrected chi connectivity index (χ1v) is 12.5. The predicted molar refractivity (Wildman–Crippen MR) is 125 cm³/mol. The van der Waals surface area contributed by atoms with Gasteiger partial charge in [-0.05, 0) is 92.4 Å². The van der Waals surface area contributed by atoms with Crippen LogP contribution in [-0.4, -0.2) is 19.2 Å². The van der Waals surface area contributed by atoms with Gasteiger partial charge in [0, 0.05) is 0 Å². The number of carbonyl (C=O) groups excluding carboxylic acids is 1. The van der Waals surface area contributed by atoms with Gasteiger partial charge in [0.15, 0.2) is 23.2 Å². The molecule has 2 aliphatic carbocycles. The Bertz CT molecular complexity index is 1050. The minimum absolute atomic E-state index is 0.0692. The average Bonchev–Trinajstić information content (AvgIpc) is 2.88. The number of benzene rings is 2. The van der Waals surface area contributed by atoms with Crippen LogP contribution in [0.3, 0.4) is 0 Å². The van der Waals surface area contributed by atoms with Gasteiger partial charge in [-0.2, -0.15) is 4.39 Å². The fourth-order valence-corrected chi connectivity index (χ4v) is 5.65. The van der Waals surface area contributed by atoms with Crippen molar-refractivity contribution in [2.24, 2.45) is 5.92 Å². The summed E-state index contributed by atoms with van der Waals surface area (Å²) in [6.07, 6.45) is 6.41. The lowest BCUT2D eigenvalue weighted by atomic mass is 9.76. The molecule has 0 atom stereocenters. The lowest BCUT2D eigenvalue weighted by Crippen LogP contribution is -2.25. The SMILES string of the molecule is CCC1CCC(c2ccc(C3CCC(OC(=O)c4ccc(OC)c(F)c4F)CC3)c(F)c2F)CC1. The number of hydrogen-bond donors (Lipinski definition) is 0. The molecular formula is C28H32F4O3. The molecule has 0 bridgehead atoms. The van der Waals surface area contributed by atoms with Gasteiger partial charge < -0.3 is 9.47 Å². The lowest BCUT2D eigenvalue weighted by Gasteiger charge is -2.30. The van der Waals surface area contributed by atoms with Crippen LogP contribution in [0.4, 0.5) is 17.6 Å². The molecular weight excluding hydrogens is 460 g/mol. The predicted octanol–water partition coefficient (Wildman–Crippen LogP) is 7.82. The zero-order valence-electron chi connectivity index (χ0n) is 20.2. The maximum atomic E-state index is 15.1. The normalized spacial score (nSPS) is 24.7. The molecule has 0 N–H and O–H groups in total. The van der Waals surface area contributed by atoms with Gasteiger partial charge in [-0.15, -0.1) is 0 Å². The summed E-state index contributed by atoms with van der Waals surface area (Å²) in [6.45, 7) is 2.17. The minimum Gasteiger partial charge on any atom is -0.494 e. The molecule has 190 valence electrons. The Morgan fingerprint density at radius 2 is 1.31 bits per heavy atom. The van der Waals surface area contributed by atoms with Crippen molar-refractivity contribution in [2.45, 2.75) is 82.7 Å². The number of hydrogen-bond acceptors (Lipinski definition) is 3. The molecule has 0 aliphatic heterocycles. The lowest BCUT2D eigenvalue weighted by molar-refractivity contribution is 0.0188. The van der Waals surface area contributed by atoms with E-state index in [4.69, 9.17) is 9.47 Å². The largest absolute Gasteiger partial charge is 0.494 e. The Labute approximate surface area is 203 Å². The van der Waals surface area contributed by atoms with Crippen LogP contribution < -0.4 is 4.74 Å². The van der Waals surface area contributed by atoms with Crippen molar-refractivity contribution >= 4 is 5.97 Å². The van der Waals surface area contributed by atoms with E-state index in [0.29, 0.717) is 42.7 Å². The van der Waals surface area contributed by atoms with Crippen molar-refractivity contribution in [3.63, 3.8) is 0 Å². The van der Waals surface area contributed by atoms with Crippen LogP contribution in [0.15, 0.2) is 24.3 Å². The zero-order chi connectivity index (χ0) is 25.1. The number of rotatable bonds is 6. The second-order valence-electron chi connectivity index (χ2n) is 9.82. The number of halogens is 4. The van der Waals surface area contributed by atoms with Crippen LogP contribution in [0, 0.1) is 29.2 Å². The fourth-order valence-electron chi connectivity index (χ4n) is 5.65. The third kappa shape index (κ3) is 5.34. The summed E-state index contributed by atoms with van der Waals surface area (Å²) in [5.41, 5.74) is 0.348. The molecule has 2 aromatic carbocycles. The van der Waals surface area contributed by atoms with Crippen molar-refractivity contribution in [3.05, 3.63) is 64.2 Å². The molecule has 4 rings (SSSR count). The molecule has 3 nitrogen and oxygen atoms in total. The van der Waals surface area contributed by atoms with Crippen molar-refractivity contribution < 1.29 is 31.8 Å². The zero-order valence-corrected chi connectivity index (χ0v) is 20.2. The smallest absolute Gasteiger partial charge is 0.341 e. The van der Waals surface area contributed by atoms with Gasteiger partial charge in [0.1, 0.15) is 6.10 Å². The first kappa shape index (κ1) is 25.5. The molecule has 2 aliphatic rings. The second kappa shape index (κ2) is 11.0. The maximum Gasteiger partial charge on any atom is 0.341 e. The van der Waals surface area contributed by atoms with Gasteiger partial charge in [0.05, 0.1) is 12.7 Å². The van der Waals surface area contributed by atoms with Crippen LogP contribution in [0.2, 0.25) is 0 Å². The van der Waals surface area contributed by atoms with Crippen molar-refractivity contribution in [1.82, 2.24) is 0 Å². The summed E-state index contributed by atoms with van der Waals surface area (Å²) >= 11 is 0. The number of carbonyl (C=O) groups is 1. The first-order valence-electron chi connectivity index (χ1n) is 12.5. The molecule has 35 heavy (non-hydrogen) atoms. The maximum absolute atomic E-state index is 15.1. The van der Waals surface area contributed by atoms with Crippen molar-refractivity contribution in [1.29, 1.82) is 0 Å². The van der Waals surface area contributed by atoms with Gasteiger partial charge in [0.2, 0.25) is 5.82 Å².